The van der Waals surface area contributed by atoms with Crippen LogP contribution in [-0.2, 0) is 15.7 Å². The highest BCUT2D eigenvalue weighted by molar-refractivity contribution is 7.46. The molecule has 130 valence electrons. The SMILES string of the molecule is CO[C@H]1CCN(CCc2cccc3cccc(OP(=O)(O)O)c23)C1. The Morgan fingerprint density at radius 2 is 2.00 bits per heavy atom. The summed E-state index contributed by atoms with van der Waals surface area (Å²) < 4.78 is 21.5. The van der Waals surface area contributed by atoms with Crippen LogP contribution in [0.4, 0.5) is 0 Å². The molecule has 1 aliphatic heterocycles. The molecule has 2 aromatic carbocycles. The van der Waals surface area contributed by atoms with Crippen LogP contribution in [0.3, 0.4) is 0 Å². The van der Waals surface area contributed by atoms with E-state index < -0.39 is 7.82 Å². The number of rotatable bonds is 6. The van der Waals surface area contributed by atoms with Crippen molar-refractivity contribution in [2.75, 3.05) is 26.7 Å². The third kappa shape index (κ3) is 4.15. The van der Waals surface area contributed by atoms with Gasteiger partial charge in [-0.2, -0.15) is 0 Å². The Hall–Kier alpha value is -1.43. The Bertz CT molecular complexity index is 754. The van der Waals surface area contributed by atoms with Crippen LogP contribution in [-0.4, -0.2) is 47.5 Å². The summed E-state index contributed by atoms with van der Waals surface area (Å²) in [6.45, 7) is 2.81. The van der Waals surface area contributed by atoms with Crippen molar-refractivity contribution in [1.82, 2.24) is 4.90 Å². The molecule has 6 nitrogen and oxygen atoms in total. The summed E-state index contributed by atoms with van der Waals surface area (Å²) in [7, 11) is -2.85. The molecule has 2 N–H and O–H groups in total. The van der Waals surface area contributed by atoms with Gasteiger partial charge in [0.15, 0.2) is 0 Å². The van der Waals surface area contributed by atoms with E-state index in [1.54, 1.807) is 19.2 Å². The van der Waals surface area contributed by atoms with Crippen molar-refractivity contribution in [3.63, 3.8) is 0 Å². The molecule has 0 unspecified atom stereocenters. The van der Waals surface area contributed by atoms with Gasteiger partial charge in [0.25, 0.3) is 0 Å². The molecule has 1 heterocycles. The Labute approximate surface area is 141 Å². The zero-order valence-electron chi connectivity index (χ0n) is 13.6. The van der Waals surface area contributed by atoms with Crippen LogP contribution in [0, 0.1) is 0 Å². The molecule has 0 amide bonds. The first-order valence-corrected chi connectivity index (χ1v) is 9.50. The van der Waals surface area contributed by atoms with Crippen LogP contribution in [0.2, 0.25) is 0 Å². The number of benzene rings is 2. The monoisotopic (exact) mass is 351 g/mol. The number of ether oxygens (including phenoxy) is 1. The van der Waals surface area contributed by atoms with Gasteiger partial charge in [0.1, 0.15) is 5.75 Å². The van der Waals surface area contributed by atoms with E-state index in [0.717, 1.165) is 48.8 Å². The number of phosphoric ester groups is 1. The maximum atomic E-state index is 11.2. The largest absolute Gasteiger partial charge is 0.524 e. The smallest absolute Gasteiger partial charge is 0.404 e. The van der Waals surface area contributed by atoms with Crippen molar-refractivity contribution in [1.29, 1.82) is 0 Å². The second-order valence-corrected chi connectivity index (χ2v) is 7.21. The Morgan fingerprint density at radius 1 is 1.25 bits per heavy atom. The number of methoxy groups -OCH3 is 1. The van der Waals surface area contributed by atoms with Crippen LogP contribution < -0.4 is 4.52 Å². The zero-order valence-corrected chi connectivity index (χ0v) is 14.5. The van der Waals surface area contributed by atoms with E-state index in [9.17, 15) is 4.57 Å². The van der Waals surface area contributed by atoms with E-state index in [4.69, 9.17) is 19.0 Å². The molecule has 0 aliphatic carbocycles. The van der Waals surface area contributed by atoms with E-state index in [1.165, 1.54) is 0 Å². The van der Waals surface area contributed by atoms with E-state index in [1.807, 2.05) is 24.3 Å². The lowest BCUT2D eigenvalue weighted by Crippen LogP contribution is -2.25. The van der Waals surface area contributed by atoms with E-state index in [-0.39, 0.29) is 5.75 Å². The van der Waals surface area contributed by atoms with Crippen molar-refractivity contribution in [3.05, 3.63) is 42.0 Å². The first kappa shape index (κ1) is 17.4. The third-order valence-electron chi connectivity index (χ3n) is 4.43. The predicted octanol–water partition coefficient (Wildman–Crippen LogP) is 2.57. The van der Waals surface area contributed by atoms with Crippen molar-refractivity contribution < 1.29 is 23.6 Å². The first-order chi connectivity index (χ1) is 11.5. The highest BCUT2D eigenvalue weighted by Crippen LogP contribution is 2.41. The van der Waals surface area contributed by atoms with Gasteiger partial charge in [-0.25, -0.2) is 4.57 Å². The normalized spacial score (nSPS) is 19.0. The lowest BCUT2D eigenvalue weighted by Gasteiger charge is -2.17. The van der Waals surface area contributed by atoms with Crippen molar-refractivity contribution in [2.24, 2.45) is 0 Å². The van der Waals surface area contributed by atoms with Gasteiger partial charge in [-0.15, -0.1) is 0 Å². The van der Waals surface area contributed by atoms with Crippen molar-refractivity contribution in [2.45, 2.75) is 18.9 Å². The summed E-state index contributed by atoms with van der Waals surface area (Å²) in [5.74, 6) is 0.229. The van der Waals surface area contributed by atoms with Gasteiger partial charge < -0.3 is 14.2 Å². The van der Waals surface area contributed by atoms with Crippen molar-refractivity contribution >= 4 is 18.6 Å². The minimum atomic E-state index is -4.59. The molecule has 0 radical (unpaired) electrons. The summed E-state index contributed by atoms with van der Waals surface area (Å²) in [5, 5.41) is 1.68. The summed E-state index contributed by atoms with van der Waals surface area (Å²) in [6, 6.07) is 11.1. The molecule has 1 saturated heterocycles. The average Bonchev–Trinajstić information content (AvgIpc) is 2.99. The predicted molar refractivity (Wildman–Crippen MR) is 92.2 cm³/mol. The minimum Gasteiger partial charge on any atom is -0.404 e. The summed E-state index contributed by atoms with van der Waals surface area (Å²) in [5.41, 5.74) is 1.03. The van der Waals surface area contributed by atoms with Crippen LogP contribution in [0.1, 0.15) is 12.0 Å². The van der Waals surface area contributed by atoms with Crippen molar-refractivity contribution in [3.8, 4) is 5.75 Å². The molecule has 1 aliphatic rings. The summed E-state index contributed by atoms with van der Waals surface area (Å²) in [6.07, 6.45) is 2.12. The quantitative estimate of drug-likeness (QED) is 0.779. The fourth-order valence-corrected chi connectivity index (χ4v) is 3.67. The van der Waals surface area contributed by atoms with Crippen LogP contribution >= 0.6 is 7.82 Å². The van der Waals surface area contributed by atoms with Gasteiger partial charge >= 0.3 is 7.82 Å². The maximum absolute atomic E-state index is 11.2. The molecule has 24 heavy (non-hydrogen) atoms. The molecule has 0 aromatic heterocycles. The third-order valence-corrected chi connectivity index (χ3v) is 4.86. The van der Waals surface area contributed by atoms with Crippen LogP contribution in [0.5, 0.6) is 5.75 Å². The standard InChI is InChI=1S/C17H22NO5P/c1-22-15-9-11-18(12-15)10-8-14-5-2-4-13-6-3-7-16(17(13)14)23-24(19,20)21/h2-7,15H,8-12H2,1H3,(H2,19,20,21)/t15-/m0/s1. The number of hydrogen-bond donors (Lipinski definition) is 2. The topological polar surface area (TPSA) is 79.2 Å². The summed E-state index contributed by atoms with van der Waals surface area (Å²) in [4.78, 5) is 20.6. The van der Waals surface area contributed by atoms with Gasteiger partial charge in [0, 0.05) is 32.1 Å². The average molecular weight is 351 g/mol. The minimum absolute atomic E-state index is 0.229. The number of phosphoric acid groups is 1. The molecule has 0 saturated carbocycles. The highest BCUT2D eigenvalue weighted by atomic mass is 31.2. The Morgan fingerprint density at radius 3 is 2.67 bits per heavy atom. The number of nitrogens with zero attached hydrogens (tertiary/aromatic N) is 1. The second kappa shape index (κ2) is 7.21. The molecule has 0 bridgehead atoms. The molecule has 1 fully saturated rings. The van der Waals surface area contributed by atoms with E-state index in [2.05, 4.69) is 4.90 Å². The molecule has 1 atom stereocenters. The zero-order chi connectivity index (χ0) is 17.2. The van der Waals surface area contributed by atoms with Crippen LogP contribution in [0.25, 0.3) is 10.8 Å². The molecular weight excluding hydrogens is 329 g/mol. The van der Waals surface area contributed by atoms with Gasteiger partial charge in [-0.05, 0) is 29.9 Å². The Balaban J connectivity index is 1.83. The van der Waals surface area contributed by atoms with Gasteiger partial charge in [0.2, 0.25) is 0 Å². The number of fused-ring (bicyclic) bond motifs is 1. The van der Waals surface area contributed by atoms with Gasteiger partial charge in [-0.1, -0.05) is 30.3 Å². The lowest BCUT2D eigenvalue weighted by atomic mass is 10.0. The lowest BCUT2D eigenvalue weighted by molar-refractivity contribution is 0.108. The maximum Gasteiger partial charge on any atom is 0.524 e. The molecule has 7 heteroatoms. The van der Waals surface area contributed by atoms with Crippen LogP contribution in [0.15, 0.2) is 36.4 Å². The summed E-state index contributed by atoms with van der Waals surface area (Å²) >= 11 is 0. The molecule has 2 aromatic rings. The first-order valence-electron chi connectivity index (χ1n) is 7.97. The fourth-order valence-electron chi connectivity index (χ4n) is 3.27. The van der Waals surface area contributed by atoms with Gasteiger partial charge in [0.05, 0.1) is 6.10 Å². The van der Waals surface area contributed by atoms with Gasteiger partial charge in [-0.3, -0.25) is 9.79 Å². The van der Waals surface area contributed by atoms with E-state index >= 15 is 0 Å². The number of hydrogen-bond acceptors (Lipinski definition) is 4. The molecule has 0 spiro atoms. The molecular formula is C17H22NO5P. The van der Waals surface area contributed by atoms with E-state index in [0.29, 0.717) is 6.10 Å². The fraction of sp³-hybridized carbons (Fsp3) is 0.412. The molecule has 3 rings (SSSR count). The second-order valence-electron chi connectivity index (χ2n) is 6.05. The number of likely N-dealkylation sites (tertiary alicyclic amines) is 1. The highest BCUT2D eigenvalue weighted by Gasteiger charge is 2.22. The Kier molecular flexibility index (Phi) is 5.23.